The average molecular weight is 265 g/mol. The van der Waals surface area contributed by atoms with Crippen molar-refractivity contribution in [3.8, 4) is 17.2 Å². The molecular weight excluding hydrogens is 258 g/mol. The molecule has 0 N–H and O–H groups in total. The maximum Gasteiger partial charge on any atom is 0.170 e. The van der Waals surface area contributed by atoms with E-state index >= 15 is 0 Å². The van der Waals surface area contributed by atoms with Crippen LogP contribution in [0.15, 0.2) is 30.3 Å². The zero-order valence-electron chi connectivity index (χ0n) is 9.55. The lowest BCUT2D eigenvalue weighted by atomic mass is 10.00. The number of halogens is 4. The number of hydrogen-bond acceptors (Lipinski definition) is 1. The molecule has 0 aromatic heterocycles. The van der Waals surface area contributed by atoms with Crippen molar-refractivity contribution in [3.05, 3.63) is 59.2 Å². The first-order chi connectivity index (χ1) is 9.07. The first-order valence-electron chi connectivity index (χ1n) is 5.35. The molecule has 2 aromatic carbocycles. The Bertz CT molecular complexity index is 630. The zero-order valence-corrected chi connectivity index (χ0v) is 9.55. The monoisotopic (exact) mass is 265 g/mol. The average Bonchev–Trinajstić information content (AvgIpc) is 2.43. The van der Waals surface area contributed by atoms with Gasteiger partial charge in [0.2, 0.25) is 0 Å². The Kier molecular flexibility index (Phi) is 3.52. The van der Waals surface area contributed by atoms with E-state index in [-0.39, 0.29) is 5.56 Å². The van der Waals surface area contributed by atoms with Gasteiger partial charge in [0.25, 0.3) is 0 Å². The Hall–Kier alpha value is -2.35. The third-order valence-electron chi connectivity index (χ3n) is 2.67. The van der Waals surface area contributed by atoms with E-state index in [1.54, 1.807) is 6.07 Å². The Labute approximate surface area is 106 Å². The molecule has 19 heavy (non-hydrogen) atoms. The van der Waals surface area contributed by atoms with Crippen LogP contribution in [0.4, 0.5) is 17.6 Å². The summed E-state index contributed by atoms with van der Waals surface area (Å²) in [7, 11) is 0. The molecule has 0 aliphatic heterocycles. The van der Waals surface area contributed by atoms with Crippen LogP contribution in [0.3, 0.4) is 0 Å². The summed E-state index contributed by atoms with van der Waals surface area (Å²) in [5, 5.41) is 8.41. The molecule has 0 atom stereocenters. The summed E-state index contributed by atoms with van der Waals surface area (Å²) in [6, 6.07) is 8.74. The molecular formula is C14H7F4N. The lowest BCUT2D eigenvalue weighted by Gasteiger charge is -2.10. The second-order valence-corrected chi connectivity index (χ2v) is 3.81. The van der Waals surface area contributed by atoms with Gasteiger partial charge >= 0.3 is 0 Å². The fraction of sp³-hybridized carbons (Fsp3) is 0.0714. The predicted octanol–water partition coefficient (Wildman–Crippen LogP) is 3.98. The standard InChI is InChI=1S/C14H7F4N/c15-11-9(6-7-19)12(16)14(18)10(13(11)17)8-4-2-1-3-5-8/h1-5H,6H2. The second kappa shape index (κ2) is 5.11. The van der Waals surface area contributed by atoms with Gasteiger partial charge in [-0.3, -0.25) is 0 Å². The number of benzene rings is 2. The molecule has 0 radical (unpaired) electrons. The van der Waals surface area contributed by atoms with Crippen molar-refractivity contribution in [1.29, 1.82) is 5.26 Å². The van der Waals surface area contributed by atoms with E-state index in [1.807, 2.05) is 0 Å². The van der Waals surface area contributed by atoms with Crippen LogP contribution in [0.2, 0.25) is 0 Å². The molecule has 0 unspecified atom stereocenters. The molecule has 0 fully saturated rings. The molecule has 1 nitrogen and oxygen atoms in total. The SMILES string of the molecule is N#CCc1c(F)c(F)c(-c2ccccc2)c(F)c1F. The van der Waals surface area contributed by atoms with Crippen molar-refractivity contribution in [2.75, 3.05) is 0 Å². The van der Waals surface area contributed by atoms with Crippen molar-refractivity contribution >= 4 is 0 Å². The fourth-order valence-corrected chi connectivity index (χ4v) is 1.77. The van der Waals surface area contributed by atoms with Crippen molar-refractivity contribution in [2.45, 2.75) is 6.42 Å². The molecule has 2 aromatic rings. The molecule has 5 heteroatoms. The maximum atomic E-state index is 13.8. The van der Waals surface area contributed by atoms with Gasteiger partial charge in [-0.15, -0.1) is 0 Å². The van der Waals surface area contributed by atoms with Crippen molar-refractivity contribution in [3.63, 3.8) is 0 Å². The van der Waals surface area contributed by atoms with Gasteiger partial charge in [0.05, 0.1) is 18.1 Å². The van der Waals surface area contributed by atoms with Gasteiger partial charge in [0, 0.05) is 5.56 Å². The van der Waals surface area contributed by atoms with Crippen molar-refractivity contribution in [2.24, 2.45) is 0 Å². The third-order valence-corrected chi connectivity index (χ3v) is 2.67. The Morgan fingerprint density at radius 2 is 1.37 bits per heavy atom. The van der Waals surface area contributed by atoms with Crippen LogP contribution >= 0.6 is 0 Å². The van der Waals surface area contributed by atoms with E-state index in [0.29, 0.717) is 0 Å². The second-order valence-electron chi connectivity index (χ2n) is 3.81. The minimum atomic E-state index is -1.53. The molecule has 0 saturated carbocycles. The van der Waals surface area contributed by atoms with Crippen LogP contribution < -0.4 is 0 Å². The van der Waals surface area contributed by atoms with Gasteiger partial charge in [0.15, 0.2) is 23.3 Å². The minimum Gasteiger partial charge on any atom is -0.203 e. The zero-order chi connectivity index (χ0) is 14.0. The summed E-state index contributed by atoms with van der Waals surface area (Å²) in [6.45, 7) is 0. The van der Waals surface area contributed by atoms with Gasteiger partial charge < -0.3 is 0 Å². The number of hydrogen-bond donors (Lipinski definition) is 0. The Morgan fingerprint density at radius 1 is 0.842 bits per heavy atom. The first-order valence-corrected chi connectivity index (χ1v) is 5.35. The van der Waals surface area contributed by atoms with E-state index < -0.39 is 40.8 Å². The van der Waals surface area contributed by atoms with Crippen molar-refractivity contribution in [1.82, 2.24) is 0 Å². The number of nitrogens with zero attached hydrogens (tertiary/aromatic N) is 1. The van der Waals surface area contributed by atoms with Gasteiger partial charge in [-0.1, -0.05) is 30.3 Å². The van der Waals surface area contributed by atoms with E-state index in [2.05, 4.69) is 0 Å². The molecule has 0 bridgehead atoms. The van der Waals surface area contributed by atoms with Gasteiger partial charge in [-0.05, 0) is 5.56 Å². The maximum absolute atomic E-state index is 13.8. The molecule has 96 valence electrons. The molecule has 0 aliphatic rings. The summed E-state index contributed by atoms with van der Waals surface area (Å²) in [6.07, 6.45) is -0.736. The fourth-order valence-electron chi connectivity index (χ4n) is 1.77. The topological polar surface area (TPSA) is 23.8 Å². The van der Waals surface area contributed by atoms with Crippen molar-refractivity contribution < 1.29 is 17.6 Å². The van der Waals surface area contributed by atoms with Crippen LogP contribution in [-0.4, -0.2) is 0 Å². The van der Waals surface area contributed by atoms with Crippen LogP contribution in [0.25, 0.3) is 11.1 Å². The molecule has 0 heterocycles. The largest absolute Gasteiger partial charge is 0.203 e. The lowest BCUT2D eigenvalue weighted by molar-refractivity contribution is 0.447. The summed E-state index contributed by atoms with van der Waals surface area (Å²) in [4.78, 5) is 0. The Morgan fingerprint density at radius 3 is 1.84 bits per heavy atom. The molecule has 2 rings (SSSR count). The minimum absolute atomic E-state index is 0.0267. The first kappa shape index (κ1) is 13.1. The van der Waals surface area contributed by atoms with Crippen LogP contribution in [-0.2, 0) is 6.42 Å². The highest BCUT2D eigenvalue weighted by atomic mass is 19.2. The lowest BCUT2D eigenvalue weighted by Crippen LogP contribution is -2.05. The summed E-state index contributed by atoms with van der Waals surface area (Å²) < 4.78 is 54.9. The normalized spacial score (nSPS) is 10.3. The predicted molar refractivity (Wildman–Crippen MR) is 61.0 cm³/mol. The molecule has 0 aliphatic carbocycles. The quantitative estimate of drug-likeness (QED) is 0.595. The molecule has 0 saturated heterocycles. The van der Waals surface area contributed by atoms with E-state index in [1.165, 1.54) is 30.3 Å². The van der Waals surface area contributed by atoms with E-state index in [9.17, 15) is 17.6 Å². The summed E-state index contributed by atoms with van der Waals surface area (Å²) in [5.74, 6) is -6.04. The smallest absolute Gasteiger partial charge is 0.170 e. The summed E-state index contributed by atoms with van der Waals surface area (Å²) in [5.41, 5.74) is -1.63. The third kappa shape index (κ3) is 2.17. The number of nitriles is 1. The molecule has 0 amide bonds. The molecule has 0 spiro atoms. The highest BCUT2D eigenvalue weighted by Crippen LogP contribution is 2.32. The van der Waals surface area contributed by atoms with Crippen LogP contribution in [0, 0.1) is 34.6 Å². The van der Waals surface area contributed by atoms with Gasteiger partial charge in [-0.2, -0.15) is 5.26 Å². The number of rotatable bonds is 2. The van der Waals surface area contributed by atoms with Gasteiger partial charge in [0.1, 0.15) is 0 Å². The van der Waals surface area contributed by atoms with Crippen LogP contribution in [0.5, 0.6) is 0 Å². The van der Waals surface area contributed by atoms with Crippen LogP contribution in [0.1, 0.15) is 5.56 Å². The summed E-state index contributed by atoms with van der Waals surface area (Å²) >= 11 is 0. The Balaban J connectivity index is 2.75. The highest BCUT2D eigenvalue weighted by molar-refractivity contribution is 5.65. The van der Waals surface area contributed by atoms with E-state index in [0.717, 1.165) is 0 Å². The van der Waals surface area contributed by atoms with Gasteiger partial charge in [-0.25, -0.2) is 17.6 Å². The highest BCUT2D eigenvalue weighted by Gasteiger charge is 2.25. The van der Waals surface area contributed by atoms with E-state index in [4.69, 9.17) is 5.26 Å².